The third-order valence-electron chi connectivity index (χ3n) is 3.90. The summed E-state index contributed by atoms with van der Waals surface area (Å²) in [5.41, 5.74) is 2.10. The number of nitrogens with zero attached hydrogens (tertiary/aromatic N) is 1. The molecule has 3 aromatic rings. The van der Waals surface area contributed by atoms with Crippen LogP contribution in [-0.2, 0) is 0 Å². The van der Waals surface area contributed by atoms with Gasteiger partial charge in [-0.05, 0) is 66.2 Å². The lowest BCUT2D eigenvalue weighted by Gasteiger charge is -2.07. The molecule has 6 heteroatoms. The molecule has 3 rings (SSSR count). The lowest BCUT2D eigenvalue weighted by molar-refractivity contribution is 0.0734. The Morgan fingerprint density at radius 1 is 0.893 bits per heavy atom. The first-order chi connectivity index (χ1) is 13.6. The summed E-state index contributed by atoms with van der Waals surface area (Å²) in [6.45, 7) is 0. The third-order valence-corrected chi connectivity index (χ3v) is 4.43. The van der Waals surface area contributed by atoms with Gasteiger partial charge in [-0.15, -0.1) is 0 Å². The van der Waals surface area contributed by atoms with Crippen LogP contribution < -0.4 is 14.2 Å². The Labute approximate surface area is 171 Å². The van der Waals surface area contributed by atoms with Crippen molar-refractivity contribution in [3.63, 3.8) is 0 Å². The third kappa shape index (κ3) is 4.98. The van der Waals surface area contributed by atoms with Crippen LogP contribution in [0.2, 0.25) is 0 Å². The van der Waals surface area contributed by atoms with Crippen molar-refractivity contribution >= 4 is 33.8 Å². The molecule has 0 spiro atoms. The fraction of sp³-hybridized carbons (Fsp3) is 0.0909. The summed E-state index contributed by atoms with van der Waals surface area (Å²) in [5.74, 6) is 1.33. The van der Waals surface area contributed by atoms with Gasteiger partial charge in [0.1, 0.15) is 5.75 Å². The summed E-state index contributed by atoms with van der Waals surface area (Å²) in [4.78, 5) is 16.6. The molecule has 0 saturated carbocycles. The van der Waals surface area contributed by atoms with E-state index in [2.05, 4.69) is 20.9 Å². The zero-order valence-electron chi connectivity index (χ0n) is 15.4. The highest BCUT2D eigenvalue weighted by molar-refractivity contribution is 9.10. The predicted octanol–water partition coefficient (Wildman–Crippen LogP) is 5.44. The first-order valence-corrected chi connectivity index (χ1v) is 9.22. The van der Waals surface area contributed by atoms with Crippen LogP contribution in [0.3, 0.4) is 0 Å². The zero-order valence-corrected chi connectivity index (χ0v) is 17.0. The smallest absolute Gasteiger partial charge is 0.343 e. The maximum atomic E-state index is 12.1. The molecule has 28 heavy (non-hydrogen) atoms. The Balaban J connectivity index is 1.66. The average Bonchev–Trinajstić information content (AvgIpc) is 2.73. The number of carbonyl (C=O) groups excluding carboxylic acids is 1. The number of hydrogen-bond acceptors (Lipinski definition) is 5. The number of esters is 1. The van der Waals surface area contributed by atoms with E-state index in [1.165, 1.54) is 0 Å². The number of hydrogen-bond donors (Lipinski definition) is 0. The average molecular weight is 440 g/mol. The molecular formula is C22H18BrNO4. The van der Waals surface area contributed by atoms with Gasteiger partial charge in [-0.25, -0.2) is 4.79 Å². The summed E-state index contributed by atoms with van der Waals surface area (Å²) < 4.78 is 16.8. The van der Waals surface area contributed by atoms with Gasteiger partial charge in [0.25, 0.3) is 0 Å². The van der Waals surface area contributed by atoms with E-state index in [0.29, 0.717) is 22.8 Å². The molecule has 0 aliphatic carbocycles. The van der Waals surface area contributed by atoms with E-state index >= 15 is 0 Å². The largest absolute Gasteiger partial charge is 0.493 e. The van der Waals surface area contributed by atoms with Gasteiger partial charge in [0.15, 0.2) is 11.5 Å². The van der Waals surface area contributed by atoms with Gasteiger partial charge in [0.05, 0.1) is 25.5 Å². The van der Waals surface area contributed by atoms with Gasteiger partial charge in [-0.1, -0.05) is 15.9 Å². The van der Waals surface area contributed by atoms with Crippen LogP contribution in [0.5, 0.6) is 17.2 Å². The van der Waals surface area contributed by atoms with E-state index in [0.717, 1.165) is 15.7 Å². The van der Waals surface area contributed by atoms with Crippen molar-refractivity contribution < 1.29 is 19.0 Å². The van der Waals surface area contributed by atoms with Crippen molar-refractivity contribution in [2.45, 2.75) is 0 Å². The quantitative estimate of drug-likeness (QED) is 0.291. The fourth-order valence-electron chi connectivity index (χ4n) is 2.43. The Morgan fingerprint density at radius 3 is 2.21 bits per heavy atom. The molecule has 0 fully saturated rings. The zero-order chi connectivity index (χ0) is 19.9. The first kappa shape index (κ1) is 19.6. The molecule has 0 bridgehead atoms. The number of halogens is 1. The van der Waals surface area contributed by atoms with Crippen LogP contribution in [-0.4, -0.2) is 26.4 Å². The Bertz CT molecular complexity index is 982. The number of aliphatic imine (C=N–C) groups is 1. The highest BCUT2D eigenvalue weighted by Gasteiger charge is 2.08. The Morgan fingerprint density at radius 2 is 1.57 bits per heavy atom. The minimum atomic E-state index is -0.403. The molecule has 0 radical (unpaired) electrons. The molecule has 0 amide bonds. The van der Waals surface area contributed by atoms with Crippen molar-refractivity contribution in [1.29, 1.82) is 0 Å². The molecule has 0 N–H and O–H groups in total. The molecule has 0 unspecified atom stereocenters. The van der Waals surface area contributed by atoms with Crippen molar-refractivity contribution in [2.24, 2.45) is 4.99 Å². The summed E-state index contributed by atoms with van der Waals surface area (Å²) >= 11 is 3.34. The molecule has 0 aliphatic rings. The van der Waals surface area contributed by atoms with Crippen LogP contribution in [0.4, 0.5) is 5.69 Å². The van der Waals surface area contributed by atoms with Gasteiger partial charge in [0.2, 0.25) is 0 Å². The van der Waals surface area contributed by atoms with Crippen LogP contribution in [0.15, 0.2) is 76.2 Å². The molecule has 142 valence electrons. The predicted molar refractivity (Wildman–Crippen MR) is 112 cm³/mol. The van der Waals surface area contributed by atoms with Crippen LogP contribution in [0.25, 0.3) is 0 Å². The van der Waals surface area contributed by atoms with Crippen molar-refractivity contribution in [1.82, 2.24) is 0 Å². The standard InChI is InChI=1S/C22H18BrNO4/c1-26-20-12-9-18(13-21(20)27-2)24-14-15-3-10-19(11-4-15)28-22(25)16-5-7-17(23)8-6-16/h3-14H,1-2H3. The van der Waals surface area contributed by atoms with E-state index in [1.54, 1.807) is 69.0 Å². The minimum Gasteiger partial charge on any atom is -0.493 e. The highest BCUT2D eigenvalue weighted by atomic mass is 79.9. The minimum absolute atomic E-state index is 0.403. The van der Waals surface area contributed by atoms with Crippen molar-refractivity contribution in [2.75, 3.05) is 14.2 Å². The van der Waals surface area contributed by atoms with Crippen LogP contribution in [0, 0.1) is 0 Å². The van der Waals surface area contributed by atoms with Crippen molar-refractivity contribution in [3.05, 3.63) is 82.3 Å². The normalized spacial score (nSPS) is 10.7. The second-order valence-electron chi connectivity index (χ2n) is 5.76. The molecular weight excluding hydrogens is 422 g/mol. The molecule has 0 heterocycles. The van der Waals surface area contributed by atoms with E-state index in [4.69, 9.17) is 14.2 Å². The van der Waals surface area contributed by atoms with Crippen LogP contribution >= 0.6 is 15.9 Å². The van der Waals surface area contributed by atoms with Crippen molar-refractivity contribution in [3.8, 4) is 17.2 Å². The number of rotatable bonds is 6. The lowest BCUT2D eigenvalue weighted by atomic mass is 10.2. The van der Waals surface area contributed by atoms with E-state index in [9.17, 15) is 4.79 Å². The van der Waals surface area contributed by atoms with Gasteiger partial charge in [-0.3, -0.25) is 4.99 Å². The summed E-state index contributed by atoms with van der Waals surface area (Å²) in [6.07, 6.45) is 1.72. The number of ether oxygens (including phenoxy) is 3. The second-order valence-corrected chi connectivity index (χ2v) is 6.68. The summed E-state index contributed by atoms with van der Waals surface area (Å²) in [5, 5.41) is 0. The van der Waals surface area contributed by atoms with E-state index in [-0.39, 0.29) is 0 Å². The molecule has 3 aromatic carbocycles. The Kier molecular flexibility index (Phi) is 6.45. The summed E-state index contributed by atoms with van der Waals surface area (Å²) in [6, 6.07) is 19.6. The molecule has 0 atom stereocenters. The first-order valence-electron chi connectivity index (χ1n) is 8.43. The SMILES string of the molecule is COc1ccc(N=Cc2ccc(OC(=O)c3ccc(Br)cc3)cc2)cc1OC. The number of benzene rings is 3. The monoisotopic (exact) mass is 439 g/mol. The molecule has 5 nitrogen and oxygen atoms in total. The highest BCUT2D eigenvalue weighted by Crippen LogP contribution is 2.31. The second kappa shape index (κ2) is 9.19. The maximum Gasteiger partial charge on any atom is 0.343 e. The van der Waals surface area contributed by atoms with Gasteiger partial charge in [0, 0.05) is 16.8 Å². The van der Waals surface area contributed by atoms with Gasteiger partial charge in [-0.2, -0.15) is 0 Å². The summed E-state index contributed by atoms with van der Waals surface area (Å²) in [7, 11) is 3.17. The molecule has 0 aromatic heterocycles. The van der Waals surface area contributed by atoms with E-state index in [1.807, 2.05) is 18.2 Å². The van der Waals surface area contributed by atoms with E-state index < -0.39 is 5.97 Å². The Hall–Kier alpha value is -3.12. The van der Waals surface area contributed by atoms with Crippen LogP contribution in [0.1, 0.15) is 15.9 Å². The van der Waals surface area contributed by atoms with Gasteiger partial charge < -0.3 is 14.2 Å². The maximum absolute atomic E-state index is 12.1. The molecule has 0 aliphatic heterocycles. The van der Waals surface area contributed by atoms with Gasteiger partial charge >= 0.3 is 5.97 Å². The molecule has 0 saturated heterocycles. The number of carbonyl (C=O) groups is 1. The lowest BCUT2D eigenvalue weighted by Crippen LogP contribution is -2.08. The fourth-order valence-corrected chi connectivity index (χ4v) is 2.69. The topological polar surface area (TPSA) is 57.1 Å². The number of methoxy groups -OCH3 is 2.